The van der Waals surface area contributed by atoms with E-state index in [1.165, 1.54) is 11.8 Å². The zero-order chi connectivity index (χ0) is 17.3. The molecule has 1 heterocycles. The Hall–Kier alpha value is -2.37. The summed E-state index contributed by atoms with van der Waals surface area (Å²) in [6, 6.07) is 4.90. The van der Waals surface area contributed by atoms with E-state index in [2.05, 4.69) is 0 Å². The van der Waals surface area contributed by atoms with Crippen molar-refractivity contribution < 1.29 is 23.9 Å². The first-order valence-electron chi connectivity index (χ1n) is 8.28. The van der Waals surface area contributed by atoms with Crippen LogP contribution in [0.5, 0.6) is 5.75 Å². The van der Waals surface area contributed by atoms with E-state index < -0.39 is 12.1 Å². The quantitative estimate of drug-likeness (QED) is 0.626. The van der Waals surface area contributed by atoms with E-state index in [0.29, 0.717) is 17.0 Å². The van der Waals surface area contributed by atoms with Crippen LogP contribution < -0.4 is 9.64 Å². The number of hydrogen-bond donors (Lipinski definition) is 0. The number of carbonyl (C=O) groups is 3. The van der Waals surface area contributed by atoms with Gasteiger partial charge in [-0.05, 0) is 57.7 Å². The molecule has 0 radical (unpaired) electrons. The number of hydrogen-bond acceptors (Lipinski definition) is 5. The largest absolute Gasteiger partial charge is 0.479 e. The lowest BCUT2D eigenvalue weighted by atomic mass is 10.1. The van der Waals surface area contributed by atoms with Gasteiger partial charge in [0.25, 0.3) is 5.91 Å². The summed E-state index contributed by atoms with van der Waals surface area (Å²) >= 11 is 0. The molecule has 1 saturated carbocycles. The Morgan fingerprint density at radius 2 is 2.00 bits per heavy atom. The molecule has 1 atom stereocenters. The van der Waals surface area contributed by atoms with Gasteiger partial charge in [-0.15, -0.1) is 0 Å². The molecular weight excluding hydrogens is 310 g/mol. The van der Waals surface area contributed by atoms with E-state index in [0.717, 1.165) is 25.7 Å². The Bertz CT molecular complexity index is 678. The zero-order valence-corrected chi connectivity index (χ0v) is 13.9. The average Bonchev–Trinajstić information content (AvgIpc) is 3.04. The van der Waals surface area contributed by atoms with Crippen LogP contribution in [0.25, 0.3) is 0 Å². The minimum absolute atomic E-state index is 0.0471. The van der Waals surface area contributed by atoms with Crippen LogP contribution >= 0.6 is 0 Å². The SMILES string of the molecule is CC(=O)c1ccc2c(c1)N(CC(=O)OC1CCCC1)C(=O)C(C)O2. The predicted molar refractivity (Wildman–Crippen MR) is 87.2 cm³/mol. The maximum absolute atomic E-state index is 12.5. The summed E-state index contributed by atoms with van der Waals surface area (Å²) in [5, 5.41) is 0. The molecular formula is C18H21NO5. The normalized spacial score (nSPS) is 20.5. The number of fused-ring (bicyclic) bond motifs is 1. The first-order valence-corrected chi connectivity index (χ1v) is 8.28. The minimum Gasteiger partial charge on any atom is -0.479 e. The summed E-state index contributed by atoms with van der Waals surface area (Å²) in [6.07, 6.45) is 3.16. The zero-order valence-electron chi connectivity index (χ0n) is 13.9. The Morgan fingerprint density at radius 3 is 2.67 bits per heavy atom. The number of anilines is 1. The third-order valence-corrected chi connectivity index (χ3v) is 4.46. The van der Waals surface area contributed by atoms with Gasteiger partial charge in [-0.1, -0.05) is 0 Å². The molecule has 0 aromatic heterocycles. The Balaban J connectivity index is 1.83. The lowest BCUT2D eigenvalue weighted by molar-refractivity contribution is -0.148. The van der Waals surface area contributed by atoms with E-state index in [1.54, 1.807) is 25.1 Å². The van der Waals surface area contributed by atoms with Gasteiger partial charge < -0.3 is 9.47 Å². The van der Waals surface area contributed by atoms with E-state index >= 15 is 0 Å². The molecule has 1 aliphatic heterocycles. The Labute approximate surface area is 140 Å². The molecule has 1 aliphatic carbocycles. The molecule has 0 bridgehead atoms. The minimum atomic E-state index is -0.681. The van der Waals surface area contributed by atoms with Crippen molar-refractivity contribution in [2.75, 3.05) is 11.4 Å². The number of rotatable bonds is 4. The second kappa shape index (κ2) is 6.63. The van der Waals surface area contributed by atoms with Crippen molar-refractivity contribution in [3.63, 3.8) is 0 Å². The van der Waals surface area contributed by atoms with Crippen molar-refractivity contribution in [3.05, 3.63) is 23.8 Å². The number of benzene rings is 1. The van der Waals surface area contributed by atoms with E-state index in [9.17, 15) is 14.4 Å². The van der Waals surface area contributed by atoms with Crippen molar-refractivity contribution in [1.29, 1.82) is 0 Å². The average molecular weight is 331 g/mol. The molecule has 2 aliphatic rings. The van der Waals surface area contributed by atoms with Gasteiger partial charge in [0, 0.05) is 5.56 Å². The molecule has 1 amide bonds. The summed E-state index contributed by atoms with van der Waals surface area (Å²) in [7, 11) is 0. The molecule has 1 unspecified atom stereocenters. The van der Waals surface area contributed by atoms with Gasteiger partial charge >= 0.3 is 5.97 Å². The molecule has 128 valence electrons. The van der Waals surface area contributed by atoms with Gasteiger partial charge in [-0.3, -0.25) is 19.3 Å². The van der Waals surface area contributed by atoms with Crippen LogP contribution in [-0.2, 0) is 14.3 Å². The van der Waals surface area contributed by atoms with Gasteiger partial charge in [0.2, 0.25) is 0 Å². The number of ketones is 1. The summed E-state index contributed by atoms with van der Waals surface area (Å²) in [4.78, 5) is 37.6. The van der Waals surface area contributed by atoms with Gasteiger partial charge in [0.15, 0.2) is 11.9 Å². The highest BCUT2D eigenvalue weighted by Gasteiger charge is 2.34. The summed E-state index contributed by atoms with van der Waals surface area (Å²) in [6.45, 7) is 2.92. The van der Waals surface area contributed by atoms with Gasteiger partial charge in [0.1, 0.15) is 18.4 Å². The molecule has 6 heteroatoms. The second-order valence-electron chi connectivity index (χ2n) is 6.32. The molecule has 1 aromatic carbocycles. The highest BCUT2D eigenvalue weighted by atomic mass is 16.5. The third kappa shape index (κ3) is 3.27. The Morgan fingerprint density at radius 1 is 1.29 bits per heavy atom. The number of Topliss-reactive ketones (excluding diaryl/α,β-unsaturated/α-hetero) is 1. The highest BCUT2D eigenvalue weighted by molar-refractivity contribution is 6.04. The Kier molecular flexibility index (Phi) is 4.55. The lowest BCUT2D eigenvalue weighted by Crippen LogP contribution is -2.47. The van der Waals surface area contributed by atoms with E-state index in [-0.39, 0.29) is 24.3 Å². The monoisotopic (exact) mass is 331 g/mol. The van der Waals surface area contributed by atoms with Crippen LogP contribution in [-0.4, -0.2) is 36.4 Å². The van der Waals surface area contributed by atoms with Crippen LogP contribution in [0.15, 0.2) is 18.2 Å². The molecule has 0 saturated heterocycles. The lowest BCUT2D eigenvalue weighted by Gasteiger charge is -2.32. The number of amides is 1. The van der Waals surface area contributed by atoms with Crippen LogP contribution in [0.1, 0.15) is 49.9 Å². The fourth-order valence-corrected chi connectivity index (χ4v) is 3.15. The topological polar surface area (TPSA) is 72.9 Å². The summed E-state index contributed by atoms with van der Waals surface area (Å²) in [5.41, 5.74) is 0.906. The van der Waals surface area contributed by atoms with Gasteiger partial charge in [0.05, 0.1) is 5.69 Å². The van der Waals surface area contributed by atoms with Crippen molar-refractivity contribution >= 4 is 23.3 Å². The number of ether oxygens (including phenoxy) is 2. The number of nitrogens with zero attached hydrogens (tertiary/aromatic N) is 1. The molecule has 1 aromatic rings. The fourth-order valence-electron chi connectivity index (χ4n) is 3.15. The number of carbonyl (C=O) groups excluding carboxylic acids is 3. The van der Waals surface area contributed by atoms with Crippen LogP contribution in [0.3, 0.4) is 0 Å². The summed E-state index contributed by atoms with van der Waals surface area (Å²) in [5.74, 6) is -0.367. The van der Waals surface area contributed by atoms with Crippen molar-refractivity contribution in [2.45, 2.75) is 51.7 Å². The first-order chi connectivity index (χ1) is 11.5. The molecule has 1 fully saturated rings. The second-order valence-corrected chi connectivity index (χ2v) is 6.32. The van der Waals surface area contributed by atoms with Crippen molar-refractivity contribution in [3.8, 4) is 5.75 Å². The third-order valence-electron chi connectivity index (χ3n) is 4.46. The van der Waals surface area contributed by atoms with E-state index in [4.69, 9.17) is 9.47 Å². The van der Waals surface area contributed by atoms with Crippen LogP contribution in [0, 0.1) is 0 Å². The van der Waals surface area contributed by atoms with E-state index in [1.807, 2.05) is 0 Å². The van der Waals surface area contributed by atoms with Crippen molar-refractivity contribution in [2.24, 2.45) is 0 Å². The first kappa shape index (κ1) is 16.5. The smallest absolute Gasteiger partial charge is 0.326 e. The van der Waals surface area contributed by atoms with Gasteiger partial charge in [-0.25, -0.2) is 0 Å². The van der Waals surface area contributed by atoms with Crippen molar-refractivity contribution in [1.82, 2.24) is 0 Å². The molecule has 0 N–H and O–H groups in total. The molecule has 0 spiro atoms. The standard InChI is InChI=1S/C18H21NO5/c1-11(20)13-7-8-16-15(9-13)19(18(22)12(2)23-16)10-17(21)24-14-5-3-4-6-14/h7-9,12,14H,3-6,10H2,1-2H3. The van der Waals surface area contributed by atoms with Crippen LogP contribution in [0.4, 0.5) is 5.69 Å². The highest BCUT2D eigenvalue weighted by Crippen LogP contribution is 2.35. The molecule has 6 nitrogen and oxygen atoms in total. The predicted octanol–water partition coefficient (Wildman–Crippen LogP) is 2.49. The maximum atomic E-state index is 12.5. The maximum Gasteiger partial charge on any atom is 0.326 e. The molecule has 3 rings (SSSR count). The molecule has 24 heavy (non-hydrogen) atoms. The summed E-state index contributed by atoms with van der Waals surface area (Å²) < 4.78 is 11.0. The fraction of sp³-hybridized carbons (Fsp3) is 0.500. The van der Waals surface area contributed by atoms with Crippen LogP contribution in [0.2, 0.25) is 0 Å². The number of esters is 1. The van der Waals surface area contributed by atoms with Gasteiger partial charge in [-0.2, -0.15) is 0 Å².